The number of anilines is 2. The fourth-order valence-corrected chi connectivity index (χ4v) is 3.24. The molecular weight excluding hydrogens is 304 g/mol. The van der Waals surface area contributed by atoms with E-state index in [9.17, 15) is 0 Å². The van der Waals surface area contributed by atoms with Gasteiger partial charge in [-0.25, -0.2) is 0 Å². The van der Waals surface area contributed by atoms with Gasteiger partial charge in [0.2, 0.25) is 0 Å². The van der Waals surface area contributed by atoms with Crippen molar-refractivity contribution in [1.29, 1.82) is 0 Å². The van der Waals surface area contributed by atoms with Crippen LogP contribution < -0.4 is 10.6 Å². The molecule has 2 aromatic rings. The Balaban J connectivity index is 2.07. The number of nitrogens with two attached hydrogens (primary N) is 1. The van der Waals surface area contributed by atoms with Crippen LogP contribution in [0.25, 0.3) is 11.3 Å². The lowest BCUT2D eigenvalue weighted by atomic mass is 10.1. The molecule has 0 aliphatic carbocycles. The van der Waals surface area contributed by atoms with E-state index >= 15 is 0 Å². The lowest BCUT2D eigenvalue weighted by Crippen LogP contribution is -2.17. The third-order valence-electron chi connectivity index (χ3n) is 3.58. The van der Waals surface area contributed by atoms with E-state index in [4.69, 9.17) is 5.73 Å². The summed E-state index contributed by atoms with van der Waals surface area (Å²) in [5, 5.41) is 4.26. The topological polar surface area (TPSA) is 47.1 Å². The van der Waals surface area contributed by atoms with Gasteiger partial charge >= 0.3 is 0 Å². The monoisotopic (exact) mass is 320 g/mol. The number of halogens is 1. The minimum absolute atomic E-state index is 0.799. The summed E-state index contributed by atoms with van der Waals surface area (Å²) in [7, 11) is 1.94. The molecule has 0 bridgehead atoms. The van der Waals surface area contributed by atoms with Gasteiger partial charge in [0.15, 0.2) is 0 Å². The van der Waals surface area contributed by atoms with E-state index < -0.39 is 0 Å². The zero-order chi connectivity index (χ0) is 13.4. The molecule has 2 heterocycles. The lowest BCUT2D eigenvalue weighted by Gasteiger charge is -2.19. The van der Waals surface area contributed by atoms with E-state index in [-0.39, 0.29) is 0 Å². The predicted molar refractivity (Wildman–Crippen MR) is 82.2 cm³/mol. The molecule has 0 saturated carbocycles. The largest absolute Gasteiger partial charge is 0.399 e. The first-order chi connectivity index (χ1) is 9.15. The van der Waals surface area contributed by atoms with Crippen LogP contribution in [0.3, 0.4) is 0 Å². The SMILES string of the molecule is Cn1ncc(Br)c1-c1cc(N)cc(N2CCCC2)c1. The van der Waals surface area contributed by atoms with Gasteiger partial charge in [0.1, 0.15) is 0 Å². The van der Waals surface area contributed by atoms with Crippen LogP contribution >= 0.6 is 15.9 Å². The molecule has 1 aromatic heterocycles. The zero-order valence-electron chi connectivity index (χ0n) is 10.9. The lowest BCUT2D eigenvalue weighted by molar-refractivity contribution is 0.775. The van der Waals surface area contributed by atoms with Crippen molar-refractivity contribution in [3.63, 3.8) is 0 Å². The van der Waals surface area contributed by atoms with Crippen LogP contribution in [0, 0.1) is 0 Å². The smallest absolute Gasteiger partial charge is 0.0822 e. The van der Waals surface area contributed by atoms with Gasteiger partial charge in [-0.2, -0.15) is 5.10 Å². The Morgan fingerprint density at radius 2 is 1.95 bits per heavy atom. The summed E-state index contributed by atoms with van der Waals surface area (Å²) in [6, 6.07) is 6.25. The summed E-state index contributed by atoms with van der Waals surface area (Å²) >= 11 is 3.55. The molecule has 3 rings (SSSR count). The Kier molecular flexibility index (Phi) is 3.22. The Labute approximate surface area is 121 Å². The minimum Gasteiger partial charge on any atom is -0.399 e. The van der Waals surface area contributed by atoms with Crippen LogP contribution in [0.4, 0.5) is 11.4 Å². The fraction of sp³-hybridized carbons (Fsp3) is 0.357. The molecule has 1 saturated heterocycles. The number of rotatable bonds is 2. The maximum Gasteiger partial charge on any atom is 0.0822 e. The Hall–Kier alpha value is -1.49. The molecule has 19 heavy (non-hydrogen) atoms. The summed E-state index contributed by atoms with van der Waals surface area (Å²) < 4.78 is 2.86. The quantitative estimate of drug-likeness (QED) is 0.865. The van der Waals surface area contributed by atoms with Crippen molar-refractivity contribution >= 4 is 27.3 Å². The number of hydrogen-bond donors (Lipinski definition) is 1. The van der Waals surface area contributed by atoms with Crippen molar-refractivity contribution in [3.05, 3.63) is 28.9 Å². The second-order valence-corrected chi connectivity index (χ2v) is 5.83. The van der Waals surface area contributed by atoms with Gasteiger partial charge in [-0.3, -0.25) is 4.68 Å². The van der Waals surface area contributed by atoms with E-state index in [2.05, 4.69) is 38.1 Å². The molecule has 0 unspecified atom stereocenters. The number of hydrogen-bond acceptors (Lipinski definition) is 3. The third-order valence-corrected chi connectivity index (χ3v) is 4.16. The molecule has 0 atom stereocenters. The molecule has 1 fully saturated rings. The van der Waals surface area contributed by atoms with Gasteiger partial charge < -0.3 is 10.6 Å². The van der Waals surface area contributed by atoms with Crippen LogP contribution in [0.1, 0.15) is 12.8 Å². The second-order valence-electron chi connectivity index (χ2n) is 4.97. The molecule has 100 valence electrons. The van der Waals surface area contributed by atoms with Crippen LogP contribution in [0.15, 0.2) is 28.9 Å². The molecule has 0 spiro atoms. The highest BCUT2D eigenvalue weighted by atomic mass is 79.9. The number of nitrogen functional groups attached to an aromatic ring is 1. The summed E-state index contributed by atoms with van der Waals surface area (Å²) in [6.45, 7) is 2.24. The van der Waals surface area contributed by atoms with Gasteiger partial charge in [0.05, 0.1) is 16.4 Å². The number of benzene rings is 1. The summed E-state index contributed by atoms with van der Waals surface area (Å²) in [5.74, 6) is 0. The first-order valence-corrected chi connectivity index (χ1v) is 7.28. The maximum absolute atomic E-state index is 6.06. The fourth-order valence-electron chi connectivity index (χ4n) is 2.66. The normalized spacial score (nSPS) is 15.2. The highest BCUT2D eigenvalue weighted by molar-refractivity contribution is 9.10. The summed E-state index contributed by atoms with van der Waals surface area (Å²) in [4.78, 5) is 2.39. The van der Waals surface area contributed by atoms with Gasteiger partial charge in [0, 0.05) is 37.1 Å². The van der Waals surface area contributed by atoms with E-state index in [1.54, 1.807) is 0 Å². The minimum atomic E-state index is 0.799. The summed E-state index contributed by atoms with van der Waals surface area (Å²) in [5.41, 5.74) is 10.2. The van der Waals surface area contributed by atoms with Crippen molar-refractivity contribution in [1.82, 2.24) is 9.78 Å². The van der Waals surface area contributed by atoms with Crippen LogP contribution in [0.2, 0.25) is 0 Å². The number of aryl methyl sites for hydroxylation is 1. The van der Waals surface area contributed by atoms with Crippen molar-refractivity contribution in [2.45, 2.75) is 12.8 Å². The highest BCUT2D eigenvalue weighted by Crippen LogP contribution is 2.33. The molecule has 4 nitrogen and oxygen atoms in total. The average Bonchev–Trinajstić information content (AvgIpc) is 2.99. The molecule has 1 aliphatic heterocycles. The first kappa shape index (κ1) is 12.5. The molecule has 1 aromatic carbocycles. The van der Waals surface area contributed by atoms with Crippen molar-refractivity contribution in [3.8, 4) is 11.3 Å². The molecular formula is C14H17BrN4. The molecule has 0 amide bonds. The van der Waals surface area contributed by atoms with Crippen molar-refractivity contribution < 1.29 is 0 Å². The summed E-state index contributed by atoms with van der Waals surface area (Å²) in [6.07, 6.45) is 4.34. The van der Waals surface area contributed by atoms with Gasteiger partial charge in [0.25, 0.3) is 0 Å². The van der Waals surface area contributed by atoms with E-state index in [0.717, 1.165) is 34.5 Å². The molecule has 5 heteroatoms. The van der Waals surface area contributed by atoms with E-state index in [0.29, 0.717) is 0 Å². The third kappa shape index (κ3) is 2.34. The zero-order valence-corrected chi connectivity index (χ0v) is 12.5. The Morgan fingerprint density at radius 3 is 2.58 bits per heavy atom. The standard InChI is InChI=1S/C14H17BrN4/c1-18-14(13(15)9-17-18)10-6-11(16)8-12(7-10)19-4-2-3-5-19/h6-9H,2-5,16H2,1H3. The van der Waals surface area contributed by atoms with E-state index in [1.165, 1.54) is 18.5 Å². The van der Waals surface area contributed by atoms with Crippen LogP contribution in [-0.2, 0) is 7.05 Å². The maximum atomic E-state index is 6.06. The first-order valence-electron chi connectivity index (χ1n) is 6.48. The van der Waals surface area contributed by atoms with Gasteiger partial charge in [-0.1, -0.05) is 0 Å². The van der Waals surface area contributed by atoms with Gasteiger partial charge in [-0.15, -0.1) is 0 Å². The van der Waals surface area contributed by atoms with Gasteiger partial charge in [-0.05, 0) is 47.0 Å². The molecule has 0 radical (unpaired) electrons. The van der Waals surface area contributed by atoms with E-state index in [1.807, 2.05) is 24.0 Å². The Bertz CT molecular complexity index is 580. The second kappa shape index (κ2) is 4.89. The average molecular weight is 321 g/mol. The molecule has 2 N–H and O–H groups in total. The Morgan fingerprint density at radius 1 is 1.21 bits per heavy atom. The van der Waals surface area contributed by atoms with Crippen LogP contribution in [0.5, 0.6) is 0 Å². The molecule has 1 aliphatic rings. The number of nitrogens with zero attached hydrogens (tertiary/aromatic N) is 3. The predicted octanol–water partition coefficient (Wildman–Crippen LogP) is 3.03. The van der Waals surface area contributed by atoms with Crippen molar-refractivity contribution in [2.75, 3.05) is 23.7 Å². The van der Waals surface area contributed by atoms with Crippen molar-refractivity contribution in [2.24, 2.45) is 7.05 Å². The number of aromatic nitrogens is 2. The van der Waals surface area contributed by atoms with Crippen LogP contribution in [-0.4, -0.2) is 22.9 Å². The highest BCUT2D eigenvalue weighted by Gasteiger charge is 2.16.